The molecule has 2 aromatic rings. The number of rotatable bonds is 5. The van der Waals surface area contributed by atoms with Crippen LogP contribution in [-0.2, 0) is 16.0 Å². The standard InChI is InChI=1S/C24H27FN2O2/c1-26-23(29)24(13-14-27(16-24)22(28)17-8-6-9-17)15-18-7-2-3-10-19(18)20-11-4-5-12-21(20)25/h2-5,7,10-12,17H,6,8-9,13-16H2,1H3,(H,26,29)/t24-/m0/s1. The second-order valence-electron chi connectivity index (χ2n) is 8.31. The second kappa shape index (κ2) is 7.97. The molecular weight excluding hydrogens is 367 g/mol. The highest BCUT2D eigenvalue weighted by Gasteiger charge is 2.47. The van der Waals surface area contributed by atoms with Gasteiger partial charge in [-0.05, 0) is 42.9 Å². The second-order valence-corrected chi connectivity index (χ2v) is 8.31. The molecule has 1 N–H and O–H groups in total. The molecule has 0 aromatic heterocycles. The summed E-state index contributed by atoms with van der Waals surface area (Å²) < 4.78 is 14.5. The van der Waals surface area contributed by atoms with Gasteiger partial charge in [0.1, 0.15) is 5.82 Å². The third-order valence-corrected chi connectivity index (χ3v) is 6.54. The molecule has 1 saturated heterocycles. The Labute approximate surface area is 171 Å². The minimum atomic E-state index is -0.685. The first kappa shape index (κ1) is 19.6. The highest BCUT2D eigenvalue weighted by atomic mass is 19.1. The SMILES string of the molecule is CNC(=O)[C@]1(Cc2ccccc2-c2ccccc2F)CCN(C(=O)C2CCC2)C1. The Balaban J connectivity index is 1.65. The van der Waals surface area contributed by atoms with Crippen LogP contribution in [0.1, 0.15) is 31.2 Å². The average Bonchev–Trinajstić information content (AvgIpc) is 3.12. The first-order valence-corrected chi connectivity index (χ1v) is 10.4. The minimum absolute atomic E-state index is 0.0512. The molecule has 0 bridgehead atoms. The van der Waals surface area contributed by atoms with Gasteiger partial charge in [0.05, 0.1) is 5.41 Å². The maximum atomic E-state index is 14.5. The van der Waals surface area contributed by atoms with Gasteiger partial charge in [0.2, 0.25) is 11.8 Å². The number of carbonyl (C=O) groups is 2. The molecule has 1 heterocycles. The van der Waals surface area contributed by atoms with E-state index in [1.807, 2.05) is 35.2 Å². The average molecular weight is 394 g/mol. The van der Waals surface area contributed by atoms with Crippen molar-refractivity contribution in [1.29, 1.82) is 0 Å². The molecule has 29 heavy (non-hydrogen) atoms. The van der Waals surface area contributed by atoms with Crippen molar-refractivity contribution < 1.29 is 14.0 Å². The molecule has 152 valence electrons. The number of carbonyl (C=O) groups excluding carboxylic acids is 2. The van der Waals surface area contributed by atoms with Gasteiger partial charge in [0.15, 0.2) is 0 Å². The van der Waals surface area contributed by atoms with Gasteiger partial charge in [-0.2, -0.15) is 0 Å². The quantitative estimate of drug-likeness (QED) is 0.839. The highest BCUT2D eigenvalue weighted by Crippen LogP contribution is 2.39. The molecule has 1 aliphatic carbocycles. The van der Waals surface area contributed by atoms with Crippen LogP contribution in [0.5, 0.6) is 0 Å². The maximum Gasteiger partial charge on any atom is 0.228 e. The topological polar surface area (TPSA) is 49.4 Å². The zero-order valence-corrected chi connectivity index (χ0v) is 16.8. The molecule has 1 saturated carbocycles. The van der Waals surface area contributed by atoms with E-state index in [-0.39, 0.29) is 23.5 Å². The fourth-order valence-electron chi connectivity index (χ4n) is 4.63. The summed E-state index contributed by atoms with van der Waals surface area (Å²) in [7, 11) is 1.64. The molecule has 2 amide bonds. The Bertz CT molecular complexity index is 925. The van der Waals surface area contributed by atoms with Gasteiger partial charge in [-0.3, -0.25) is 9.59 Å². The lowest BCUT2D eigenvalue weighted by atomic mass is 9.78. The molecule has 4 nitrogen and oxygen atoms in total. The van der Waals surface area contributed by atoms with E-state index in [1.165, 1.54) is 6.07 Å². The normalized spacial score (nSPS) is 21.7. The van der Waals surface area contributed by atoms with Crippen molar-refractivity contribution in [2.75, 3.05) is 20.1 Å². The zero-order valence-electron chi connectivity index (χ0n) is 16.8. The Kier molecular flexibility index (Phi) is 5.39. The van der Waals surface area contributed by atoms with Crippen LogP contribution >= 0.6 is 0 Å². The van der Waals surface area contributed by atoms with Gasteiger partial charge < -0.3 is 10.2 Å². The molecule has 4 rings (SSSR count). The Morgan fingerprint density at radius 2 is 1.79 bits per heavy atom. The number of amides is 2. The molecule has 0 spiro atoms. The monoisotopic (exact) mass is 394 g/mol. The third kappa shape index (κ3) is 3.66. The van der Waals surface area contributed by atoms with Gasteiger partial charge in [-0.1, -0.05) is 48.9 Å². The van der Waals surface area contributed by atoms with Crippen molar-refractivity contribution >= 4 is 11.8 Å². The van der Waals surface area contributed by atoms with Gasteiger partial charge in [0.25, 0.3) is 0 Å². The van der Waals surface area contributed by atoms with Crippen LogP contribution in [-0.4, -0.2) is 36.9 Å². The summed E-state index contributed by atoms with van der Waals surface area (Å²) in [6, 6.07) is 14.4. The number of nitrogens with zero attached hydrogens (tertiary/aromatic N) is 1. The predicted molar refractivity (Wildman–Crippen MR) is 111 cm³/mol. The zero-order chi connectivity index (χ0) is 20.4. The number of nitrogens with one attached hydrogen (secondary N) is 1. The van der Waals surface area contributed by atoms with E-state index in [4.69, 9.17) is 0 Å². The Hall–Kier alpha value is -2.69. The van der Waals surface area contributed by atoms with E-state index < -0.39 is 5.41 Å². The molecule has 0 radical (unpaired) electrons. The molecular formula is C24H27FN2O2. The van der Waals surface area contributed by atoms with Gasteiger partial charge in [-0.25, -0.2) is 4.39 Å². The Morgan fingerprint density at radius 1 is 1.10 bits per heavy atom. The van der Waals surface area contributed by atoms with Crippen LogP contribution in [0, 0.1) is 17.2 Å². The van der Waals surface area contributed by atoms with E-state index in [0.29, 0.717) is 31.5 Å². The van der Waals surface area contributed by atoms with Crippen LogP contribution in [0.2, 0.25) is 0 Å². The largest absolute Gasteiger partial charge is 0.359 e. The summed E-state index contributed by atoms with van der Waals surface area (Å²) in [4.78, 5) is 27.6. The number of likely N-dealkylation sites (tertiary alicyclic amines) is 1. The van der Waals surface area contributed by atoms with E-state index >= 15 is 0 Å². The van der Waals surface area contributed by atoms with Gasteiger partial charge >= 0.3 is 0 Å². The van der Waals surface area contributed by atoms with E-state index in [0.717, 1.165) is 30.4 Å². The minimum Gasteiger partial charge on any atom is -0.359 e. The number of hydrogen-bond donors (Lipinski definition) is 1. The van der Waals surface area contributed by atoms with Crippen LogP contribution in [0.15, 0.2) is 48.5 Å². The van der Waals surface area contributed by atoms with E-state index in [2.05, 4.69) is 5.32 Å². The lowest BCUT2D eigenvalue weighted by Gasteiger charge is -2.32. The predicted octanol–water partition coefficient (Wildman–Crippen LogP) is 3.80. The first-order chi connectivity index (χ1) is 14.0. The summed E-state index contributed by atoms with van der Waals surface area (Å²) in [5, 5.41) is 2.80. The fourth-order valence-corrected chi connectivity index (χ4v) is 4.63. The highest BCUT2D eigenvalue weighted by molar-refractivity contribution is 5.86. The van der Waals surface area contributed by atoms with Crippen molar-refractivity contribution in [3.8, 4) is 11.1 Å². The number of hydrogen-bond acceptors (Lipinski definition) is 2. The number of benzene rings is 2. The fraction of sp³-hybridized carbons (Fsp3) is 0.417. The van der Waals surface area contributed by atoms with Crippen LogP contribution in [0.4, 0.5) is 4.39 Å². The molecule has 0 unspecified atom stereocenters. The third-order valence-electron chi connectivity index (χ3n) is 6.54. The summed E-state index contributed by atoms with van der Waals surface area (Å²) >= 11 is 0. The van der Waals surface area contributed by atoms with Crippen molar-refractivity contribution in [1.82, 2.24) is 10.2 Å². The van der Waals surface area contributed by atoms with Gasteiger partial charge in [-0.15, -0.1) is 0 Å². The van der Waals surface area contributed by atoms with Gasteiger partial charge in [0, 0.05) is 31.6 Å². The Morgan fingerprint density at radius 3 is 2.45 bits per heavy atom. The van der Waals surface area contributed by atoms with Crippen molar-refractivity contribution in [3.05, 3.63) is 59.9 Å². The molecule has 1 atom stereocenters. The van der Waals surface area contributed by atoms with Crippen molar-refractivity contribution in [2.45, 2.75) is 32.1 Å². The van der Waals surface area contributed by atoms with Crippen molar-refractivity contribution in [2.24, 2.45) is 11.3 Å². The first-order valence-electron chi connectivity index (χ1n) is 10.4. The van der Waals surface area contributed by atoms with Crippen LogP contribution in [0.25, 0.3) is 11.1 Å². The summed E-state index contributed by atoms with van der Waals surface area (Å²) in [5.74, 6) is -0.0162. The van der Waals surface area contributed by atoms with E-state index in [1.54, 1.807) is 19.2 Å². The molecule has 2 aliphatic rings. The maximum absolute atomic E-state index is 14.5. The summed E-state index contributed by atoms with van der Waals surface area (Å²) in [6.45, 7) is 1.03. The molecule has 2 fully saturated rings. The van der Waals surface area contributed by atoms with E-state index in [9.17, 15) is 14.0 Å². The summed E-state index contributed by atoms with van der Waals surface area (Å²) in [6.07, 6.45) is 4.13. The smallest absolute Gasteiger partial charge is 0.228 e. The molecule has 1 aliphatic heterocycles. The summed E-state index contributed by atoms with van der Waals surface area (Å²) in [5.41, 5.74) is 1.59. The molecule has 2 aromatic carbocycles. The van der Waals surface area contributed by atoms with Crippen molar-refractivity contribution in [3.63, 3.8) is 0 Å². The van der Waals surface area contributed by atoms with Crippen LogP contribution < -0.4 is 5.32 Å². The lowest BCUT2D eigenvalue weighted by molar-refractivity contribution is -0.138. The number of halogens is 1. The molecule has 5 heteroatoms. The van der Waals surface area contributed by atoms with Crippen LogP contribution in [0.3, 0.4) is 0 Å². The lowest BCUT2D eigenvalue weighted by Crippen LogP contribution is -2.45.